The number of amides is 1. The van der Waals surface area contributed by atoms with Crippen LogP contribution in [0.3, 0.4) is 0 Å². The summed E-state index contributed by atoms with van der Waals surface area (Å²) in [5.41, 5.74) is 8.40. The summed E-state index contributed by atoms with van der Waals surface area (Å²) < 4.78 is 0. The van der Waals surface area contributed by atoms with Gasteiger partial charge in [0.15, 0.2) is 0 Å². The predicted octanol–water partition coefficient (Wildman–Crippen LogP) is 6.77. The van der Waals surface area contributed by atoms with Crippen LogP contribution in [0.15, 0.2) is 114 Å². The highest BCUT2D eigenvalue weighted by Gasteiger charge is 2.11. The third-order valence-electron chi connectivity index (χ3n) is 5.82. The Hall–Kier alpha value is -4.38. The molecule has 0 unspecified atom stereocenters. The second kappa shape index (κ2) is 11.7. The summed E-state index contributed by atoms with van der Waals surface area (Å²) in [5.74, 6) is -0.233. The maximum absolute atomic E-state index is 12.5. The molecule has 0 fully saturated rings. The number of hydrazone groups is 1. The van der Waals surface area contributed by atoms with E-state index in [4.69, 9.17) is 0 Å². The third kappa shape index (κ3) is 5.95. The lowest BCUT2D eigenvalue weighted by molar-refractivity contribution is 0.0955. The van der Waals surface area contributed by atoms with Crippen LogP contribution in [0.5, 0.6) is 0 Å². The number of anilines is 4. The van der Waals surface area contributed by atoms with E-state index in [1.807, 2.05) is 72.8 Å². The summed E-state index contributed by atoms with van der Waals surface area (Å²) >= 11 is 0. The summed E-state index contributed by atoms with van der Waals surface area (Å²) in [7, 11) is 0. The Bertz CT molecular complexity index is 1190. The molecule has 0 bridgehead atoms. The molecule has 4 rings (SSSR count). The second-order valence-electron chi connectivity index (χ2n) is 8.02. The number of hydrogen-bond acceptors (Lipinski definition) is 4. The Balaban J connectivity index is 1.44. The van der Waals surface area contributed by atoms with Gasteiger partial charge in [-0.15, -0.1) is 0 Å². The molecule has 5 nitrogen and oxygen atoms in total. The van der Waals surface area contributed by atoms with Gasteiger partial charge in [0.05, 0.1) is 6.21 Å². The lowest BCUT2D eigenvalue weighted by Gasteiger charge is -2.25. The fourth-order valence-corrected chi connectivity index (χ4v) is 3.95. The summed E-state index contributed by atoms with van der Waals surface area (Å²) in [6.45, 7) is 6.09. The third-order valence-corrected chi connectivity index (χ3v) is 5.82. The molecule has 1 amide bonds. The number of rotatable bonds is 9. The number of nitrogens with zero attached hydrogens (tertiary/aromatic N) is 3. The Morgan fingerprint density at radius 2 is 1.17 bits per heavy atom. The number of nitrogens with one attached hydrogen (secondary N) is 1. The molecule has 0 saturated heterocycles. The minimum Gasteiger partial charge on any atom is -0.372 e. The normalized spacial score (nSPS) is 10.8. The van der Waals surface area contributed by atoms with Crippen LogP contribution in [-0.4, -0.2) is 25.2 Å². The second-order valence-corrected chi connectivity index (χ2v) is 8.02. The van der Waals surface area contributed by atoms with E-state index >= 15 is 0 Å². The molecule has 0 spiro atoms. The first kappa shape index (κ1) is 23.8. The van der Waals surface area contributed by atoms with E-state index in [2.05, 4.69) is 70.6 Å². The molecule has 0 heterocycles. The van der Waals surface area contributed by atoms with E-state index in [1.165, 1.54) is 0 Å². The quantitative estimate of drug-likeness (QED) is 0.221. The standard InChI is InChI=1S/C30H30N4O/c1-3-33(4-2)26-21-17-25(18-22-26)30(35)32-31-23-24-15-19-29(20-16-24)34(27-11-7-5-8-12-27)28-13-9-6-10-14-28/h5-23H,3-4H2,1-2H3,(H,32,35). The lowest BCUT2D eigenvalue weighted by Crippen LogP contribution is -2.22. The Kier molecular flexibility index (Phi) is 7.92. The largest absolute Gasteiger partial charge is 0.372 e. The van der Waals surface area contributed by atoms with Crippen LogP contribution in [0.4, 0.5) is 22.7 Å². The van der Waals surface area contributed by atoms with Crippen LogP contribution in [0, 0.1) is 0 Å². The van der Waals surface area contributed by atoms with Gasteiger partial charge in [0.2, 0.25) is 0 Å². The van der Waals surface area contributed by atoms with Crippen LogP contribution in [-0.2, 0) is 0 Å². The van der Waals surface area contributed by atoms with Gasteiger partial charge in [-0.3, -0.25) is 4.79 Å². The molecule has 4 aromatic carbocycles. The first-order valence-corrected chi connectivity index (χ1v) is 11.9. The highest BCUT2D eigenvalue weighted by molar-refractivity contribution is 5.95. The summed E-state index contributed by atoms with van der Waals surface area (Å²) in [4.78, 5) is 16.9. The average molecular weight is 463 g/mol. The van der Waals surface area contributed by atoms with Crippen molar-refractivity contribution in [1.29, 1.82) is 0 Å². The van der Waals surface area contributed by atoms with E-state index in [-0.39, 0.29) is 5.91 Å². The molecule has 5 heteroatoms. The fourth-order valence-electron chi connectivity index (χ4n) is 3.95. The monoisotopic (exact) mass is 462 g/mol. The van der Waals surface area contributed by atoms with Crippen molar-refractivity contribution in [2.75, 3.05) is 22.9 Å². The molecule has 0 atom stereocenters. The number of benzene rings is 4. The molecule has 0 aliphatic rings. The highest BCUT2D eigenvalue weighted by Crippen LogP contribution is 2.33. The molecule has 176 valence electrons. The molecule has 0 aliphatic heterocycles. The summed E-state index contributed by atoms with van der Waals surface area (Å²) in [6, 6.07) is 36.2. The first-order valence-electron chi connectivity index (χ1n) is 11.9. The van der Waals surface area contributed by atoms with Gasteiger partial charge >= 0.3 is 0 Å². The van der Waals surface area contributed by atoms with Crippen LogP contribution in [0.2, 0.25) is 0 Å². The zero-order valence-corrected chi connectivity index (χ0v) is 20.1. The number of para-hydroxylation sites is 2. The van der Waals surface area contributed by atoms with Crippen molar-refractivity contribution in [2.24, 2.45) is 5.10 Å². The van der Waals surface area contributed by atoms with Crippen molar-refractivity contribution >= 4 is 34.9 Å². The van der Waals surface area contributed by atoms with Crippen LogP contribution >= 0.6 is 0 Å². The van der Waals surface area contributed by atoms with E-state index in [0.29, 0.717) is 5.56 Å². The molecule has 35 heavy (non-hydrogen) atoms. The van der Waals surface area contributed by atoms with Gasteiger partial charge < -0.3 is 9.80 Å². The first-order chi connectivity index (χ1) is 17.2. The Morgan fingerprint density at radius 1 is 0.686 bits per heavy atom. The van der Waals surface area contributed by atoms with Gasteiger partial charge in [0.25, 0.3) is 5.91 Å². The molecule has 0 aromatic heterocycles. The predicted molar refractivity (Wildman–Crippen MR) is 146 cm³/mol. The van der Waals surface area contributed by atoms with E-state index < -0.39 is 0 Å². The Labute approximate surface area is 207 Å². The topological polar surface area (TPSA) is 47.9 Å². The van der Waals surface area contributed by atoms with Crippen LogP contribution in [0.1, 0.15) is 29.8 Å². The molecule has 0 aliphatic carbocycles. The van der Waals surface area contributed by atoms with Gasteiger partial charge in [-0.25, -0.2) is 5.43 Å². The van der Waals surface area contributed by atoms with Crippen molar-refractivity contribution in [3.63, 3.8) is 0 Å². The minimum absolute atomic E-state index is 0.233. The molecular formula is C30H30N4O. The van der Waals surface area contributed by atoms with E-state index in [9.17, 15) is 4.79 Å². The summed E-state index contributed by atoms with van der Waals surface area (Å²) in [5, 5.41) is 4.15. The zero-order chi connectivity index (χ0) is 24.5. The van der Waals surface area contributed by atoms with Crippen molar-refractivity contribution in [1.82, 2.24) is 5.43 Å². The van der Waals surface area contributed by atoms with Crippen molar-refractivity contribution in [3.05, 3.63) is 120 Å². The SMILES string of the molecule is CCN(CC)c1ccc(C(=O)NN=Cc2ccc(N(c3ccccc3)c3ccccc3)cc2)cc1. The van der Waals surface area contributed by atoms with Crippen LogP contribution in [0.25, 0.3) is 0 Å². The van der Waals surface area contributed by atoms with Gasteiger partial charge in [-0.2, -0.15) is 5.10 Å². The van der Waals surface area contributed by atoms with Crippen molar-refractivity contribution < 1.29 is 4.79 Å². The summed E-state index contributed by atoms with van der Waals surface area (Å²) in [6.07, 6.45) is 1.65. The molecular weight excluding hydrogens is 432 g/mol. The maximum Gasteiger partial charge on any atom is 0.271 e. The van der Waals surface area contributed by atoms with Crippen LogP contribution < -0.4 is 15.2 Å². The average Bonchev–Trinajstić information content (AvgIpc) is 2.92. The van der Waals surface area contributed by atoms with E-state index in [1.54, 1.807) is 6.21 Å². The van der Waals surface area contributed by atoms with Gasteiger partial charge in [-0.1, -0.05) is 48.5 Å². The number of hydrogen-bond donors (Lipinski definition) is 1. The van der Waals surface area contributed by atoms with Crippen molar-refractivity contribution in [3.8, 4) is 0 Å². The zero-order valence-electron chi connectivity index (χ0n) is 20.1. The minimum atomic E-state index is -0.233. The molecule has 1 N–H and O–H groups in total. The highest BCUT2D eigenvalue weighted by atomic mass is 16.2. The Morgan fingerprint density at radius 3 is 1.69 bits per heavy atom. The number of carbonyl (C=O) groups is 1. The van der Waals surface area contributed by atoms with Gasteiger partial charge in [0.1, 0.15) is 0 Å². The molecule has 4 aromatic rings. The lowest BCUT2D eigenvalue weighted by atomic mass is 10.1. The van der Waals surface area contributed by atoms with Gasteiger partial charge in [-0.05, 0) is 80.1 Å². The maximum atomic E-state index is 12.5. The van der Waals surface area contributed by atoms with E-state index in [0.717, 1.165) is 41.4 Å². The van der Waals surface area contributed by atoms with Crippen molar-refractivity contribution in [2.45, 2.75) is 13.8 Å². The molecule has 0 radical (unpaired) electrons. The fraction of sp³-hybridized carbons (Fsp3) is 0.133. The molecule has 0 saturated carbocycles. The number of carbonyl (C=O) groups excluding carboxylic acids is 1. The van der Waals surface area contributed by atoms with Gasteiger partial charge in [0, 0.05) is 41.4 Å². The smallest absolute Gasteiger partial charge is 0.271 e.